The summed E-state index contributed by atoms with van der Waals surface area (Å²) in [4.78, 5) is 8.32. The lowest BCUT2D eigenvalue weighted by molar-refractivity contribution is 0.191. The quantitative estimate of drug-likeness (QED) is 0.886. The van der Waals surface area contributed by atoms with E-state index in [2.05, 4.69) is 22.1 Å². The van der Waals surface area contributed by atoms with E-state index in [0.29, 0.717) is 0 Å². The molecule has 3 rings (SSSR count). The molecule has 0 amide bonds. The summed E-state index contributed by atoms with van der Waals surface area (Å²) in [6.45, 7) is 6.92. The predicted octanol–water partition coefficient (Wildman–Crippen LogP) is 2.42. The highest BCUT2D eigenvalue weighted by Gasteiger charge is 2.24. The lowest BCUT2D eigenvalue weighted by Gasteiger charge is -2.32. The van der Waals surface area contributed by atoms with E-state index >= 15 is 0 Å². The molecule has 1 aliphatic carbocycles. The largest absolute Gasteiger partial charge is 0.314 e. The second-order valence-electron chi connectivity index (χ2n) is 5.75. The molecule has 1 saturated heterocycles. The fraction of sp³-hybridized carbons (Fsp3) is 0.786. The molecule has 2 fully saturated rings. The van der Waals surface area contributed by atoms with Gasteiger partial charge in [0.1, 0.15) is 0 Å². The number of aromatic nitrogens is 1. The van der Waals surface area contributed by atoms with Gasteiger partial charge in [-0.15, -0.1) is 11.3 Å². The van der Waals surface area contributed by atoms with Crippen LogP contribution >= 0.6 is 11.3 Å². The molecular weight excluding hydrogens is 242 g/mol. The van der Waals surface area contributed by atoms with Gasteiger partial charge in [-0.05, 0) is 45.1 Å². The van der Waals surface area contributed by atoms with Gasteiger partial charge in [-0.25, -0.2) is 4.98 Å². The summed E-state index contributed by atoms with van der Waals surface area (Å²) in [6.07, 6.45) is 7.57. The van der Waals surface area contributed by atoms with Gasteiger partial charge in [0, 0.05) is 36.8 Å². The van der Waals surface area contributed by atoms with Crippen LogP contribution in [-0.2, 0) is 6.54 Å². The molecule has 1 aliphatic heterocycles. The fourth-order valence-electron chi connectivity index (χ4n) is 2.65. The van der Waals surface area contributed by atoms with E-state index in [4.69, 9.17) is 0 Å². The van der Waals surface area contributed by atoms with Crippen molar-refractivity contribution in [2.24, 2.45) is 5.92 Å². The van der Waals surface area contributed by atoms with Crippen molar-refractivity contribution in [3.05, 3.63) is 16.1 Å². The zero-order valence-electron chi connectivity index (χ0n) is 11.2. The Labute approximate surface area is 114 Å². The highest BCUT2D eigenvalue weighted by molar-refractivity contribution is 7.11. The van der Waals surface area contributed by atoms with E-state index < -0.39 is 0 Å². The SMILES string of the molecule is Cc1ncc(CN2CCC(NCC3CC3)CC2)s1. The van der Waals surface area contributed by atoms with Gasteiger partial charge in [0.15, 0.2) is 0 Å². The third-order valence-corrected chi connectivity index (χ3v) is 4.93. The molecule has 0 bridgehead atoms. The molecule has 0 atom stereocenters. The van der Waals surface area contributed by atoms with Crippen molar-refractivity contribution in [2.45, 2.75) is 45.2 Å². The van der Waals surface area contributed by atoms with Crippen LogP contribution in [0.5, 0.6) is 0 Å². The molecule has 0 radical (unpaired) electrons. The molecule has 100 valence electrons. The maximum Gasteiger partial charge on any atom is 0.0897 e. The monoisotopic (exact) mass is 265 g/mol. The van der Waals surface area contributed by atoms with Crippen molar-refractivity contribution in [3.8, 4) is 0 Å². The summed E-state index contributed by atoms with van der Waals surface area (Å²) in [5, 5.41) is 4.92. The van der Waals surface area contributed by atoms with Gasteiger partial charge in [0.05, 0.1) is 5.01 Å². The van der Waals surface area contributed by atoms with Crippen molar-refractivity contribution >= 4 is 11.3 Å². The Morgan fingerprint density at radius 2 is 2.11 bits per heavy atom. The van der Waals surface area contributed by atoms with Gasteiger partial charge in [0.2, 0.25) is 0 Å². The summed E-state index contributed by atoms with van der Waals surface area (Å²) >= 11 is 1.84. The van der Waals surface area contributed by atoms with Gasteiger partial charge in [0.25, 0.3) is 0 Å². The lowest BCUT2D eigenvalue weighted by Crippen LogP contribution is -2.42. The third kappa shape index (κ3) is 3.53. The summed E-state index contributed by atoms with van der Waals surface area (Å²) in [5.74, 6) is 1.00. The maximum absolute atomic E-state index is 4.33. The van der Waals surface area contributed by atoms with Gasteiger partial charge in [-0.1, -0.05) is 0 Å². The lowest BCUT2D eigenvalue weighted by atomic mass is 10.0. The fourth-order valence-corrected chi connectivity index (χ4v) is 3.49. The topological polar surface area (TPSA) is 28.2 Å². The Morgan fingerprint density at radius 3 is 2.72 bits per heavy atom. The van der Waals surface area contributed by atoms with Gasteiger partial charge in [-0.2, -0.15) is 0 Å². The van der Waals surface area contributed by atoms with Crippen LogP contribution in [0.3, 0.4) is 0 Å². The molecule has 2 heterocycles. The van der Waals surface area contributed by atoms with Crippen LogP contribution < -0.4 is 5.32 Å². The minimum Gasteiger partial charge on any atom is -0.314 e. The van der Waals surface area contributed by atoms with Gasteiger partial charge in [-0.3, -0.25) is 4.90 Å². The first-order chi connectivity index (χ1) is 8.79. The standard InChI is InChI=1S/C14H23N3S/c1-11-15-9-14(18-11)10-17-6-4-13(5-7-17)16-8-12-2-3-12/h9,12-13,16H,2-8,10H2,1H3. The summed E-state index contributed by atoms with van der Waals surface area (Å²) in [7, 11) is 0. The van der Waals surface area contributed by atoms with Crippen LogP contribution in [0.15, 0.2) is 6.20 Å². The first-order valence-electron chi connectivity index (χ1n) is 7.16. The Balaban J connectivity index is 1.39. The maximum atomic E-state index is 4.33. The zero-order valence-corrected chi connectivity index (χ0v) is 12.0. The molecule has 0 aromatic carbocycles. The first-order valence-corrected chi connectivity index (χ1v) is 7.98. The van der Waals surface area contributed by atoms with Crippen molar-refractivity contribution in [3.63, 3.8) is 0 Å². The van der Waals surface area contributed by atoms with Crippen molar-refractivity contribution in [2.75, 3.05) is 19.6 Å². The zero-order chi connectivity index (χ0) is 12.4. The molecule has 0 spiro atoms. The van der Waals surface area contributed by atoms with Crippen LogP contribution in [0.2, 0.25) is 0 Å². The van der Waals surface area contributed by atoms with E-state index in [1.54, 1.807) is 0 Å². The van der Waals surface area contributed by atoms with Crippen LogP contribution in [0.25, 0.3) is 0 Å². The Kier molecular flexibility index (Phi) is 3.97. The summed E-state index contributed by atoms with van der Waals surface area (Å²) in [5.41, 5.74) is 0. The van der Waals surface area contributed by atoms with Crippen LogP contribution in [0.1, 0.15) is 35.6 Å². The summed E-state index contributed by atoms with van der Waals surface area (Å²) < 4.78 is 0. The molecule has 1 aromatic heterocycles. The first kappa shape index (κ1) is 12.6. The second-order valence-corrected chi connectivity index (χ2v) is 7.07. The number of likely N-dealkylation sites (tertiary alicyclic amines) is 1. The van der Waals surface area contributed by atoms with Crippen molar-refractivity contribution in [1.29, 1.82) is 0 Å². The Morgan fingerprint density at radius 1 is 1.33 bits per heavy atom. The van der Waals surface area contributed by atoms with Crippen molar-refractivity contribution < 1.29 is 0 Å². The van der Waals surface area contributed by atoms with E-state index in [0.717, 1.165) is 18.5 Å². The molecule has 2 aliphatic rings. The number of thiazole rings is 1. The second kappa shape index (κ2) is 5.68. The van der Waals surface area contributed by atoms with Gasteiger partial charge < -0.3 is 5.32 Å². The molecule has 18 heavy (non-hydrogen) atoms. The minimum absolute atomic E-state index is 0.769. The van der Waals surface area contributed by atoms with Gasteiger partial charge >= 0.3 is 0 Å². The average Bonchev–Trinajstić information content (AvgIpc) is 3.12. The van der Waals surface area contributed by atoms with Crippen LogP contribution in [0.4, 0.5) is 0 Å². The van der Waals surface area contributed by atoms with E-state index in [-0.39, 0.29) is 0 Å². The molecule has 4 heteroatoms. The smallest absolute Gasteiger partial charge is 0.0897 e. The highest BCUT2D eigenvalue weighted by atomic mass is 32.1. The Hall–Kier alpha value is -0.450. The number of hydrogen-bond acceptors (Lipinski definition) is 4. The van der Waals surface area contributed by atoms with E-state index in [1.165, 1.54) is 55.2 Å². The normalized spacial score (nSPS) is 22.5. The van der Waals surface area contributed by atoms with E-state index in [1.807, 2.05) is 17.5 Å². The third-order valence-electron chi connectivity index (χ3n) is 4.03. The summed E-state index contributed by atoms with van der Waals surface area (Å²) in [6, 6.07) is 0.769. The van der Waals surface area contributed by atoms with E-state index in [9.17, 15) is 0 Å². The molecular formula is C14H23N3S. The van der Waals surface area contributed by atoms with Crippen LogP contribution in [-0.4, -0.2) is 35.6 Å². The molecule has 3 nitrogen and oxygen atoms in total. The number of rotatable bonds is 5. The number of piperidine rings is 1. The molecule has 1 aromatic rings. The minimum atomic E-state index is 0.769. The Bertz CT molecular complexity index is 378. The van der Waals surface area contributed by atoms with Crippen molar-refractivity contribution in [1.82, 2.24) is 15.2 Å². The number of aryl methyl sites for hydroxylation is 1. The number of nitrogens with one attached hydrogen (secondary N) is 1. The van der Waals surface area contributed by atoms with Crippen LogP contribution in [0, 0.1) is 12.8 Å². The number of nitrogens with zero attached hydrogens (tertiary/aromatic N) is 2. The molecule has 1 N–H and O–H groups in total. The average molecular weight is 265 g/mol. The molecule has 0 unspecified atom stereocenters. The highest BCUT2D eigenvalue weighted by Crippen LogP contribution is 2.28. The number of hydrogen-bond donors (Lipinski definition) is 1. The molecule has 1 saturated carbocycles. The predicted molar refractivity (Wildman–Crippen MR) is 75.9 cm³/mol.